The van der Waals surface area contributed by atoms with Crippen LogP contribution in [-0.2, 0) is 9.09 Å². The number of rotatable bonds is 3. The van der Waals surface area contributed by atoms with Gasteiger partial charge in [0.2, 0.25) is 0 Å². The minimum absolute atomic E-state index is 0.0207. The smallest absolute Gasteiger partial charge is 0.303 e. The van der Waals surface area contributed by atoms with E-state index in [0.29, 0.717) is 6.42 Å². The molecule has 4 nitrogen and oxygen atoms in total. The van der Waals surface area contributed by atoms with Crippen molar-refractivity contribution in [3.05, 3.63) is 0 Å². The molecular formula is C10H23O4P. The SMILES string of the molecule is CC(C)(C)CC(OP(=O)(O)O)C(C)(C)C. The summed E-state index contributed by atoms with van der Waals surface area (Å²) < 4.78 is 15.7. The Bertz CT molecular complexity index is 243. The molecule has 2 N–H and O–H groups in total. The van der Waals surface area contributed by atoms with Crippen molar-refractivity contribution in [2.75, 3.05) is 0 Å². The largest absolute Gasteiger partial charge is 0.469 e. The zero-order valence-electron chi connectivity index (χ0n) is 10.4. The second kappa shape index (κ2) is 4.54. The molecule has 0 saturated heterocycles. The molecule has 0 amide bonds. The van der Waals surface area contributed by atoms with Crippen LogP contribution in [0.25, 0.3) is 0 Å². The molecule has 0 bridgehead atoms. The van der Waals surface area contributed by atoms with Crippen molar-refractivity contribution in [2.24, 2.45) is 10.8 Å². The van der Waals surface area contributed by atoms with Crippen LogP contribution in [0.3, 0.4) is 0 Å². The third-order valence-corrected chi connectivity index (χ3v) is 2.56. The lowest BCUT2D eigenvalue weighted by Gasteiger charge is -2.35. The summed E-state index contributed by atoms with van der Waals surface area (Å²) in [5.74, 6) is 0. The highest BCUT2D eigenvalue weighted by atomic mass is 31.2. The second-order valence-corrected chi connectivity index (χ2v) is 7.41. The molecule has 0 aliphatic carbocycles. The van der Waals surface area contributed by atoms with Crippen molar-refractivity contribution in [2.45, 2.75) is 54.1 Å². The molecule has 0 heterocycles. The summed E-state index contributed by atoms with van der Waals surface area (Å²) in [7, 11) is -4.40. The summed E-state index contributed by atoms with van der Waals surface area (Å²) in [5.41, 5.74) is -0.304. The molecule has 0 aliphatic heterocycles. The fourth-order valence-corrected chi connectivity index (χ4v) is 1.95. The molecule has 0 aliphatic rings. The molecule has 5 heteroatoms. The molecule has 0 spiro atoms. The van der Waals surface area contributed by atoms with Gasteiger partial charge in [-0.2, -0.15) is 0 Å². The van der Waals surface area contributed by atoms with Gasteiger partial charge in [0.1, 0.15) is 0 Å². The van der Waals surface area contributed by atoms with Crippen molar-refractivity contribution < 1.29 is 18.9 Å². The Balaban J connectivity index is 4.70. The van der Waals surface area contributed by atoms with E-state index >= 15 is 0 Å². The van der Waals surface area contributed by atoms with Gasteiger partial charge in [0.15, 0.2) is 0 Å². The Morgan fingerprint density at radius 1 is 1.13 bits per heavy atom. The number of hydrogen-bond donors (Lipinski definition) is 2. The Morgan fingerprint density at radius 3 is 1.73 bits per heavy atom. The van der Waals surface area contributed by atoms with Crippen LogP contribution in [0.1, 0.15) is 48.0 Å². The van der Waals surface area contributed by atoms with Crippen molar-refractivity contribution in [1.82, 2.24) is 0 Å². The molecule has 0 aromatic rings. The number of phosphoric ester groups is 1. The molecule has 1 atom stereocenters. The summed E-state index contributed by atoms with van der Waals surface area (Å²) in [5, 5.41) is 0. The third kappa shape index (κ3) is 7.97. The summed E-state index contributed by atoms with van der Waals surface area (Å²) in [6.07, 6.45) is 0.167. The van der Waals surface area contributed by atoms with Gasteiger partial charge in [0, 0.05) is 0 Å². The van der Waals surface area contributed by atoms with Gasteiger partial charge >= 0.3 is 7.82 Å². The van der Waals surface area contributed by atoms with Crippen LogP contribution in [0.4, 0.5) is 0 Å². The van der Waals surface area contributed by atoms with Crippen LogP contribution in [-0.4, -0.2) is 15.9 Å². The minimum Gasteiger partial charge on any atom is -0.303 e. The molecule has 92 valence electrons. The van der Waals surface area contributed by atoms with E-state index in [-0.39, 0.29) is 10.8 Å². The molecule has 0 aromatic heterocycles. The van der Waals surface area contributed by atoms with Crippen molar-refractivity contribution >= 4 is 7.82 Å². The van der Waals surface area contributed by atoms with Gasteiger partial charge in [-0.25, -0.2) is 4.57 Å². The molecule has 0 rings (SSSR count). The monoisotopic (exact) mass is 238 g/mol. The van der Waals surface area contributed by atoms with E-state index in [1.807, 2.05) is 41.5 Å². The highest BCUT2D eigenvalue weighted by Gasteiger charge is 2.34. The van der Waals surface area contributed by atoms with Crippen molar-refractivity contribution in [3.8, 4) is 0 Å². The fraction of sp³-hybridized carbons (Fsp3) is 1.00. The van der Waals surface area contributed by atoms with E-state index in [1.54, 1.807) is 0 Å². The number of phosphoric acid groups is 1. The van der Waals surface area contributed by atoms with Gasteiger partial charge in [0.05, 0.1) is 6.10 Å². The first-order valence-corrected chi connectivity index (χ1v) is 6.58. The predicted octanol–water partition coefficient (Wildman–Crippen LogP) is 2.95. The predicted molar refractivity (Wildman–Crippen MR) is 60.4 cm³/mol. The molecule has 0 fully saturated rings. The lowest BCUT2D eigenvalue weighted by molar-refractivity contribution is 0.0242. The van der Waals surface area contributed by atoms with Crippen LogP contribution < -0.4 is 0 Å². The Labute approximate surface area is 92.3 Å². The standard InChI is InChI=1S/C10H23O4P/c1-9(2,3)7-8(10(4,5)6)14-15(11,12)13/h8H,7H2,1-6H3,(H2,11,12,13). The second-order valence-electron chi connectivity index (χ2n) is 6.22. The van der Waals surface area contributed by atoms with Crippen LogP contribution in [0, 0.1) is 10.8 Å². The van der Waals surface area contributed by atoms with Crippen LogP contribution in [0.5, 0.6) is 0 Å². The van der Waals surface area contributed by atoms with Gasteiger partial charge < -0.3 is 9.79 Å². The molecule has 1 unspecified atom stereocenters. The summed E-state index contributed by atoms with van der Waals surface area (Å²) in [6.45, 7) is 11.8. The van der Waals surface area contributed by atoms with Gasteiger partial charge in [-0.1, -0.05) is 41.5 Å². The summed E-state index contributed by atoms with van der Waals surface area (Å²) in [4.78, 5) is 17.7. The van der Waals surface area contributed by atoms with Crippen molar-refractivity contribution in [1.29, 1.82) is 0 Å². The first-order valence-electron chi connectivity index (χ1n) is 5.05. The first-order chi connectivity index (χ1) is 6.31. The zero-order chi connectivity index (χ0) is 12.5. The van der Waals surface area contributed by atoms with Crippen LogP contribution in [0.2, 0.25) is 0 Å². The normalized spacial score (nSPS) is 16.5. The molecule has 0 radical (unpaired) electrons. The minimum atomic E-state index is -4.40. The topological polar surface area (TPSA) is 66.8 Å². The average Bonchev–Trinajstić information content (AvgIpc) is 1.75. The van der Waals surface area contributed by atoms with E-state index in [1.165, 1.54) is 0 Å². The van der Waals surface area contributed by atoms with Crippen LogP contribution >= 0.6 is 7.82 Å². The maximum absolute atomic E-state index is 10.8. The highest BCUT2D eigenvalue weighted by molar-refractivity contribution is 7.46. The molecular weight excluding hydrogens is 215 g/mol. The Morgan fingerprint density at radius 2 is 1.53 bits per heavy atom. The lowest BCUT2D eigenvalue weighted by Crippen LogP contribution is -2.32. The Hall–Kier alpha value is 0.110. The third-order valence-electron chi connectivity index (χ3n) is 2.03. The van der Waals surface area contributed by atoms with E-state index in [2.05, 4.69) is 0 Å². The van der Waals surface area contributed by atoms with Gasteiger partial charge in [-0.15, -0.1) is 0 Å². The van der Waals surface area contributed by atoms with E-state index in [4.69, 9.17) is 14.3 Å². The molecule has 0 saturated carbocycles. The van der Waals surface area contributed by atoms with Gasteiger partial charge in [0.25, 0.3) is 0 Å². The molecule has 15 heavy (non-hydrogen) atoms. The quantitative estimate of drug-likeness (QED) is 0.742. The number of hydrogen-bond acceptors (Lipinski definition) is 2. The summed E-state index contributed by atoms with van der Waals surface area (Å²) >= 11 is 0. The fourth-order valence-electron chi connectivity index (χ4n) is 1.22. The zero-order valence-corrected chi connectivity index (χ0v) is 11.3. The van der Waals surface area contributed by atoms with E-state index in [0.717, 1.165) is 0 Å². The van der Waals surface area contributed by atoms with Gasteiger partial charge in [-0.3, -0.25) is 4.52 Å². The van der Waals surface area contributed by atoms with Gasteiger partial charge in [-0.05, 0) is 17.3 Å². The van der Waals surface area contributed by atoms with E-state index < -0.39 is 13.9 Å². The maximum atomic E-state index is 10.8. The van der Waals surface area contributed by atoms with E-state index in [9.17, 15) is 4.57 Å². The summed E-state index contributed by atoms with van der Waals surface area (Å²) in [6, 6.07) is 0. The van der Waals surface area contributed by atoms with Crippen LogP contribution in [0.15, 0.2) is 0 Å². The van der Waals surface area contributed by atoms with Crippen molar-refractivity contribution in [3.63, 3.8) is 0 Å². The lowest BCUT2D eigenvalue weighted by atomic mass is 9.79. The average molecular weight is 238 g/mol. The highest BCUT2D eigenvalue weighted by Crippen LogP contribution is 2.44. The maximum Gasteiger partial charge on any atom is 0.469 e. The molecule has 0 aromatic carbocycles. The first kappa shape index (κ1) is 15.1. The Kier molecular flexibility index (Phi) is 4.57.